The molecule has 2 N–H and O–H groups in total. The molecule has 1 amide bonds. The normalized spacial score (nSPS) is 15.9. The summed E-state index contributed by atoms with van der Waals surface area (Å²) in [6, 6.07) is 14.8. The number of rotatable bonds is 7. The van der Waals surface area contributed by atoms with E-state index >= 15 is 0 Å². The van der Waals surface area contributed by atoms with Crippen molar-refractivity contribution in [2.24, 2.45) is 0 Å². The van der Waals surface area contributed by atoms with Crippen molar-refractivity contribution in [1.29, 1.82) is 0 Å². The van der Waals surface area contributed by atoms with Crippen LogP contribution in [-0.2, 0) is 9.59 Å². The van der Waals surface area contributed by atoms with Crippen LogP contribution in [0.4, 0.5) is 5.69 Å². The molecule has 8 heteroatoms. The van der Waals surface area contributed by atoms with Crippen LogP contribution in [0.3, 0.4) is 0 Å². The van der Waals surface area contributed by atoms with Crippen molar-refractivity contribution in [2.75, 3.05) is 25.6 Å². The zero-order chi connectivity index (χ0) is 23.4. The summed E-state index contributed by atoms with van der Waals surface area (Å²) in [5.74, 6) is -0.454. The first-order valence-corrected chi connectivity index (χ1v) is 10.6. The van der Waals surface area contributed by atoms with Gasteiger partial charge in [0, 0.05) is 25.5 Å². The second kappa shape index (κ2) is 9.82. The third-order valence-electron chi connectivity index (χ3n) is 5.18. The van der Waals surface area contributed by atoms with Crippen molar-refractivity contribution >= 4 is 34.9 Å². The average Bonchev–Trinajstić information content (AvgIpc) is 2.73. The Balaban J connectivity index is 1.97. The smallest absolute Gasteiger partial charge is 0.306 e. The SMILES string of the molecule is CC1=C(C(=O)N(C)C)C(c2ccc(OCCC(=O)O)cc2)NC(=S)N1c1cccc(C)c1. The van der Waals surface area contributed by atoms with Gasteiger partial charge in [0.25, 0.3) is 5.91 Å². The van der Waals surface area contributed by atoms with E-state index in [9.17, 15) is 9.59 Å². The first-order chi connectivity index (χ1) is 15.2. The number of benzene rings is 2. The van der Waals surface area contributed by atoms with Gasteiger partial charge in [0.2, 0.25) is 0 Å². The molecule has 0 aromatic heterocycles. The first-order valence-electron chi connectivity index (χ1n) is 10.2. The zero-order valence-corrected chi connectivity index (χ0v) is 19.4. The summed E-state index contributed by atoms with van der Waals surface area (Å²) in [5.41, 5.74) is 4.21. The number of carboxylic acid groups (broad SMARTS) is 1. The number of aryl methyl sites for hydroxylation is 1. The highest BCUT2D eigenvalue weighted by atomic mass is 32.1. The van der Waals surface area contributed by atoms with E-state index in [1.54, 1.807) is 31.1 Å². The van der Waals surface area contributed by atoms with E-state index in [1.165, 1.54) is 0 Å². The molecule has 1 aliphatic heterocycles. The lowest BCUT2D eigenvalue weighted by Crippen LogP contribution is -2.49. The number of likely N-dealkylation sites (N-methyl/N-ethyl adjacent to an activating group) is 1. The van der Waals surface area contributed by atoms with E-state index in [0.717, 1.165) is 22.5 Å². The minimum Gasteiger partial charge on any atom is -0.493 e. The number of hydrogen-bond donors (Lipinski definition) is 2. The first kappa shape index (κ1) is 23.3. The Kier molecular flexibility index (Phi) is 7.15. The molecule has 2 aromatic carbocycles. The number of amides is 1. The number of nitrogens with zero attached hydrogens (tertiary/aromatic N) is 2. The van der Waals surface area contributed by atoms with Crippen LogP contribution in [0.15, 0.2) is 59.8 Å². The molecular formula is C24H27N3O4S. The zero-order valence-electron chi connectivity index (χ0n) is 18.6. The fourth-order valence-electron chi connectivity index (χ4n) is 3.60. The maximum Gasteiger partial charge on any atom is 0.306 e. The largest absolute Gasteiger partial charge is 0.493 e. The second-order valence-corrected chi connectivity index (χ2v) is 8.20. The Hall–Kier alpha value is -3.39. The van der Waals surface area contributed by atoms with Gasteiger partial charge in [-0.15, -0.1) is 0 Å². The number of carbonyl (C=O) groups excluding carboxylic acids is 1. The number of ether oxygens (including phenoxy) is 1. The Labute approximate surface area is 193 Å². The van der Waals surface area contributed by atoms with Crippen molar-refractivity contribution in [3.8, 4) is 5.75 Å². The highest BCUT2D eigenvalue weighted by molar-refractivity contribution is 7.80. The summed E-state index contributed by atoms with van der Waals surface area (Å²) in [4.78, 5) is 27.3. The monoisotopic (exact) mass is 453 g/mol. The lowest BCUT2D eigenvalue weighted by molar-refractivity contribution is -0.137. The van der Waals surface area contributed by atoms with Crippen LogP contribution in [0.2, 0.25) is 0 Å². The van der Waals surface area contributed by atoms with E-state index in [-0.39, 0.29) is 18.9 Å². The Morgan fingerprint density at radius 3 is 2.44 bits per heavy atom. The molecule has 2 aromatic rings. The van der Waals surface area contributed by atoms with E-state index in [0.29, 0.717) is 16.4 Å². The number of hydrogen-bond acceptors (Lipinski definition) is 4. The molecule has 0 spiro atoms. The highest BCUT2D eigenvalue weighted by Gasteiger charge is 2.35. The quantitative estimate of drug-likeness (QED) is 0.620. The van der Waals surface area contributed by atoms with Gasteiger partial charge in [0.1, 0.15) is 5.75 Å². The summed E-state index contributed by atoms with van der Waals surface area (Å²) in [5, 5.41) is 12.6. The van der Waals surface area contributed by atoms with E-state index in [1.807, 2.05) is 55.1 Å². The van der Waals surface area contributed by atoms with Crippen molar-refractivity contribution in [1.82, 2.24) is 10.2 Å². The molecule has 1 atom stereocenters. The van der Waals surface area contributed by atoms with Crippen LogP contribution in [0.5, 0.6) is 5.75 Å². The van der Waals surface area contributed by atoms with Gasteiger partial charge in [-0.2, -0.15) is 0 Å². The van der Waals surface area contributed by atoms with Gasteiger partial charge in [-0.1, -0.05) is 24.3 Å². The number of nitrogens with one attached hydrogen (secondary N) is 1. The molecule has 0 fully saturated rings. The molecule has 168 valence electrons. The molecule has 0 radical (unpaired) electrons. The van der Waals surface area contributed by atoms with Crippen LogP contribution in [0.1, 0.15) is 30.5 Å². The summed E-state index contributed by atoms with van der Waals surface area (Å²) >= 11 is 5.69. The fraction of sp³-hybridized carbons (Fsp3) is 0.292. The lowest BCUT2D eigenvalue weighted by Gasteiger charge is -2.38. The standard InChI is InChI=1S/C24H27N3O4S/c1-15-6-5-7-18(14-15)27-16(2)21(23(30)26(3)4)22(25-24(27)32)17-8-10-19(11-9-17)31-13-12-20(28)29/h5-11,14,22H,12-13H2,1-4H3,(H,25,32)(H,28,29). The summed E-state index contributed by atoms with van der Waals surface area (Å²) < 4.78 is 5.48. The summed E-state index contributed by atoms with van der Waals surface area (Å²) in [6.45, 7) is 4.01. The maximum atomic E-state index is 13.2. The molecule has 0 saturated carbocycles. The summed E-state index contributed by atoms with van der Waals surface area (Å²) in [6.07, 6.45) is -0.0710. The highest BCUT2D eigenvalue weighted by Crippen LogP contribution is 2.35. The minimum atomic E-state index is -0.910. The maximum absolute atomic E-state index is 13.2. The van der Waals surface area contributed by atoms with Crippen LogP contribution >= 0.6 is 12.2 Å². The van der Waals surface area contributed by atoms with Crippen LogP contribution in [0.25, 0.3) is 0 Å². The van der Waals surface area contributed by atoms with E-state index in [2.05, 4.69) is 5.32 Å². The van der Waals surface area contributed by atoms with E-state index < -0.39 is 12.0 Å². The van der Waals surface area contributed by atoms with Gasteiger partial charge >= 0.3 is 5.97 Å². The Bertz CT molecular complexity index is 1060. The van der Waals surface area contributed by atoms with Gasteiger partial charge in [0.05, 0.1) is 24.6 Å². The molecular weight excluding hydrogens is 426 g/mol. The Morgan fingerprint density at radius 1 is 1.16 bits per heavy atom. The number of anilines is 1. The lowest BCUT2D eigenvalue weighted by atomic mass is 9.93. The number of allylic oxidation sites excluding steroid dienone is 1. The molecule has 3 rings (SSSR count). The summed E-state index contributed by atoms with van der Waals surface area (Å²) in [7, 11) is 3.45. The van der Waals surface area contributed by atoms with Gasteiger partial charge in [-0.25, -0.2) is 0 Å². The molecule has 32 heavy (non-hydrogen) atoms. The van der Waals surface area contributed by atoms with E-state index in [4.69, 9.17) is 22.1 Å². The molecule has 0 saturated heterocycles. The van der Waals surface area contributed by atoms with Crippen molar-refractivity contribution in [2.45, 2.75) is 26.3 Å². The predicted molar refractivity (Wildman–Crippen MR) is 128 cm³/mol. The molecule has 0 aliphatic carbocycles. The number of aliphatic carboxylic acids is 1. The third kappa shape index (κ3) is 5.08. The van der Waals surface area contributed by atoms with Gasteiger partial charge < -0.3 is 20.1 Å². The molecule has 1 unspecified atom stereocenters. The Morgan fingerprint density at radius 2 is 1.84 bits per heavy atom. The van der Waals surface area contributed by atoms with Crippen molar-refractivity contribution in [3.63, 3.8) is 0 Å². The van der Waals surface area contributed by atoms with Gasteiger partial charge in [-0.3, -0.25) is 14.5 Å². The molecule has 0 bridgehead atoms. The topological polar surface area (TPSA) is 82.1 Å². The molecule has 1 heterocycles. The van der Waals surface area contributed by atoms with Crippen LogP contribution in [-0.4, -0.2) is 47.7 Å². The molecule has 7 nitrogen and oxygen atoms in total. The average molecular weight is 454 g/mol. The third-order valence-corrected chi connectivity index (χ3v) is 5.48. The minimum absolute atomic E-state index is 0.0710. The van der Waals surface area contributed by atoms with Crippen LogP contribution in [0, 0.1) is 6.92 Å². The number of carboxylic acids is 1. The van der Waals surface area contributed by atoms with Gasteiger partial charge in [0.15, 0.2) is 5.11 Å². The predicted octanol–water partition coefficient (Wildman–Crippen LogP) is 3.65. The number of thiocarbonyl (C=S) groups is 1. The van der Waals surface area contributed by atoms with Crippen molar-refractivity contribution < 1.29 is 19.4 Å². The fourth-order valence-corrected chi connectivity index (χ4v) is 3.96. The van der Waals surface area contributed by atoms with Crippen LogP contribution < -0.4 is 15.0 Å². The second-order valence-electron chi connectivity index (χ2n) is 7.82. The van der Waals surface area contributed by atoms with Gasteiger partial charge in [-0.05, 0) is 61.5 Å². The number of carbonyl (C=O) groups is 2. The van der Waals surface area contributed by atoms with Crippen molar-refractivity contribution in [3.05, 3.63) is 70.9 Å². The molecule has 1 aliphatic rings.